The first kappa shape index (κ1) is 18.1. The van der Waals surface area contributed by atoms with Crippen LogP contribution in [0.2, 0.25) is 0 Å². The lowest BCUT2D eigenvalue weighted by Crippen LogP contribution is -2.43. The summed E-state index contributed by atoms with van der Waals surface area (Å²) in [5, 5.41) is 9.87. The first-order chi connectivity index (χ1) is 12.7. The molecule has 2 aromatic rings. The van der Waals surface area contributed by atoms with Crippen LogP contribution in [0.25, 0.3) is 0 Å². The molecule has 0 spiro atoms. The molecule has 1 saturated heterocycles. The Kier molecular flexibility index (Phi) is 5.96. The average molecular weight is 356 g/mol. The summed E-state index contributed by atoms with van der Waals surface area (Å²) in [6.45, 7) is 2.48. The summed E-state index contributed by atoms with van der Waals surface area (Å²) in [4.78, 5) is 30.0. The van der Waals surface area contributed by atoms with Crippen molar-refractivity contribution < 1.29 is 9.59 Å². The molecule has 0 bridgehead atoms. The van der Waals surface area contributed by atoms with E-state index in [4.69, 9.17) is 0 Å². The lowest BCUT2D eigenvalue weighted by Gasteiger charge is -2.32. The molecule has 26 heavy (non-hydrogen) atoms. The third-order valence-electron chi connectivity index (χ3n) is 4.50. The molecule has 0 aromatic carbocycles. The fourth-order valence-corrected chi connectivity index (χ4v) is 3.14. The van der Waals surface area contributed by atoms with Gasteiger partial charge >= 0.3 is 0 Å². The number of likely N-dealkylation sites (tertiary alicyclic amines) is 1. The van der Waals surface area contributed by atoms with Gasteiger partial charge < -0.3 is 10.6 Å². The van der Waals surface area contributed by atoms with Gasteiger partial charge in [-0.25, -0.2) is 0 Å². The number of carbonyl (C=O) groups is 2. The maximum atomic E-state index is 12.2. The van der Waals surface area contributed by atoms with Crippen molar-refractivity contribution in [1.29, 1.82) is 0 Å². The maximum absolute atomic E-state index is 12.2. The van der Waals surface area contributed by atoms with Gasteiger partial charge in [-0.2, -0.15) is 5.10 Å². The summed E-state index contributed by atoms with van der Waals surface area (Å²) in [5.41, 5.74) is 1.40. The van der Waals surface area contributed by atoms with Crippen LogP contribution in [0.3, 0.4) is 0 Å². The quantitative estimate of drug-likeness (QED) is 0.790. The van der Waals surface area contributed by atoms with Crippen LogP contribution in [0.1, 0.15) is 34.9 Å². The molecule has 0 radical (unpaired) electrons. The highest BCUT2D eigenvalue weighted by Gasteiger charge is 2.24. The van der Waals surface area contributed by atoms with Gasteiger partial charge in [-0.05, 0) is 37.1 Å². The highest BCUT2D eigenvalue weighted by molar-refractivity contribution is 5.91. The number of pyridine rings is 1. The summed E-state index contributed by atoms with van der Waals surface area (Å²) in [5.74, 6) is -0.188. The molecular formula is C18H24N6O2. The summed E-state index contributed by atoms with van der Waals surface area (Å²) in [6, 6.07) is 5.69. The predicted molar refractivity (Wildman–Crippen MR) is 96.4 cm³/mol. The van der Waals surface area contributed by atoms with Crippen LogP contribution in [0.4, 0.5) is 0 Å². The van der Waals surface area contributed by atoms with Crippen LogP contribution >= 0.6 is 0 Å². The molecule has 3 heterocycles. The van der Waals surface area contributed by atoms with E-state index in [1.165, 1.54) is 0 Å². The largest absolute Gasteiger partial charge is 0.354 e. The number of rotatable bonds is 6. The minimum absolute atomic E-state index is 0.000943. The van der Waals surface area contributed by atoms with Crippen molar-refractivity contribution in [2.24, 2.45) is 0 Å². The summed E-state index contributed by atoms with van der Waals surface area (Å²) in [6.07, 6.45) is 7.28. The lowest BCUT2D eigenvalue weighted by atomic mass is 10.1. The minimum atomic E-state index is -0.189. The molecule has 1 atom stereocenters. The molecule has 1 aliphatic rings. The molecule has 3 rings (SSSR count). The first-order valence-corrected chi connectivity index (χ1v) is 8.81. The second kappa shape index (κ2) is 8.57. The van der Waals surface area contributed by atoms with Crippen molar-refractivity contribution in [1.82, 2.24) is 30.3 Å². The molecule has 8 nitrogen and oxygen atoms in total. The standard InChI is InChI=1S/C18H24N6O2/c1-19-18(26)16-6-9-24(22-16)15-5-3-8-23(12-15)13-17(25)21-11-14-4-2-7-20-10-14/h2,4,6-7,9-10,15H,3,5,8,11-13H2,1H3,(H,19,26)(H,21,25)/t15-/m0/s1. The molecule has 2 aromatic heterocycles. The zero-order valence-electron chi connectivity index (χ0n) is 14.9. The van der Waals surface area contributed by atoms with E-state index in [9.17, 15) is 9.59 Å². The Morgan fingerprint density at radius 3 is 3.00 bits per heavy atom. The molecule has 138 valence electrons. The van der Waals surface area contributed by atoms with E-state index < -0.39 is 0 Å². The van der Waals surface area contributed by atoms with Crippen molar-refractivity contribution in [2.45, 2.75) is 25.4 Å². The van der Waals surface area contributed by atoms with E-state index in [-0.39, 0.29) is 17.9 Å². The van der Waals surface area contributed by atoms with Gasteiger partial charge in [0.15, 0.2) is 0 Å². The Bertz CT molecular complexity index is 745. The van der Waals surface area contributed by atoms with Gasteiger partial charge in [0.05, 0.1) is 12.6 Å². The van der Waals surface area contributed by atoms with E-state index >= 15 is 0 Å². The Balaban J connectivity index is 1.51. The Morgan fingerprint density at radius 1 is 1.35 bits per heavy atom. The van der Waals surface area contributed by atoms with Gasteiger partial charge in [0.25, 0.3) is 5.91 Å². The van der Waals surface area contributed by atoms with Crippen molar-refractivity contribution in [3.63, 3.8) is 0 Å². The highest BCUT2D eigenvalue weighted by Crippen LogP contribution is 2.20. The van der Waals surface area contributed by atoms with E-state index in [0.29, 0.717) is 18.8 Å². The molecule has 0 aliphatic carbocycles. The number of aromatic nitrogens is 3. The Labute approximate surface area is 152 Å². The first-order valence-electron chi connectivity index (χ1n) is 8.81. The number of nitrogens with one attached hydrogen (secondary N) is 2. The molecule has 1 aliphatic heterocycles. The van der Waals surface area contributed by atoms with Gasteiger partial charge in [0, 0.05) is 38.7 Å². The van der Waals surface area contributed by atoms with Gasteiger partial charge in [0.1, 0.15) is 5.69 Å². The zero-order chi connectivity index (χ0) is 18.4. The Morgan fingerprint density at radius 2 is 2.23 bits per heavy atom. The van der Waals surface area contributed by atoms with E-state index in [1.807, 2.05) is 23.0 Å². The van der Waals surface area contributed by atoms with Crippen LogP contribution < -0.4 is 10.6 Å². The number of hydrogen-bond acceptors (Lipinski definition) is 5. The number of amides is 2. The molecule has 2 N–H and O–H groups in total. The highest BCUT2D eigenvalue weighted by atomic mass is 16.2. The maximum Gasteiger partial charge on any atom is 0.271 e. The smallest absolute Gasteiger partial charge is 0.271 e. The molecule has 0 unspecified atom stereocenters. The summed E-state index contributed by atoms with van der Waals surface area (Å²) < 4.78 is 1.84. The second-order valence-electron chi connectivity index (χ2n) is 6.43. The molecule has 8 heteroatoms. The van der Waals surface area contributed by atoms with Gasteiger partial charge in [-0.1, -0.05) is 6.07 Å². The monoisotopic (exact) mass is 356 g/mol. The topological polar surface area (TPSA) is 92.2 Å². The molecule has 1 fully saturated rings. The SMILES string of the molecule is CNC(=O)c1ccn([C@H]2CCCN(CC(=O)NCc3cccnc3)C2)n1. The van der Waals surface area contributed by atoms with E-state index in [2.05, 4.69) is 25.6 Å². The zero-order valence-corrected chi connectivity index (χ0v) is 14.9. The fourth-order valence-electron chi connectivity index (χ4n) is 3.14. The average Bonchev–Trinajstić information content (AvgIpc) is 3.17. The Hall–Kier alpha value is -2.74. The molecule has 2 amide bonds. The van der Waals surface area contributed by atoms with E-state index in [1.54, 1.807) is 25.5 Å². The van der Waals surface area contributed by atoms with Crippen LogP contribution in [0.5, 0.6) is 0 Å². The predicted octanol–water partition coefficient (Wildman–Crippen LogP) is 0.591. The van der Waals surface area contributed by atoms with Crippen molar-refractivity contribution in [2.75, 3.05) is 26.7 Å². The fraction of sp³-hybridized carbons (Fsp3) is 0.444. The minimum Gasteiger partial charge on any atom is -0.354 e. The summed E-state index contributed by atoms with van der Waals surface area (Å²) >= 11 is 0. The van der Waals surface area contributed by atoms with Crippen molar-refractivity contribution in [3.8, 4) is 0 Å². The van der Waals surface area contributed by atoms with Crippen molar-refractivity contribution >= 4 is 11.8 Å². The van der Waals surface area contributed by atoms with Gasteiger partial charge in [-0.15, -0.1) is 0 Å². The molecule has 0 saturated carbocycles. The van der Waals surface area contributed by atoms with Crippen LogP contribution in [-0.2, 0) is 11.3 Å². The van der Waals surface area contributed by atoms with Crippen molar-refractivity contribution in [3.05, 3.63) is 48.0 Å². The van der Waals surface area contributed by atoms with Gasteiger partial charge in [0.2, 0.25) is 5.91 Å². The van der Waals surface area contributed by atoms with E-state index in [0.717, 1.165) is 31.5 Å². The van der Waals surface area contributed by atoms with Crippen LogP contribution in [0, 0.1) is 0 Å². The second-order valence-corrected chi connectivity index (χ2v) is 6.43. The lowest BCUT2D eigenvalue weighted by molar-refractivity contribution is -0.122. The number of nitrogens with zero attached hydrogens (tertiary/aromatic N) is 4. The molecular weight excluding hydrogens is 332 g/mol. The number of carbonyl (C=O) groups excluding carboxylic acids is 2. The third kappa shape index (κ3) is 4.66. The number of piperidine rings is 1. The third-order valence-corrected chi connectivity index (χ3v) is 4.50. The normalized spacial score (nSPS) is 17.7. The number of hydrogen-bond donors (Lipinski definition) is 2. The summed E-state index contributed by atoms with van der Waals surface area (Å²) in [7, 11) is 1.59. The van der Waals surface area contributed by atoms with Gasteiger partial charge in [-0.3, -0.25) is 24.2 Å². The van der Waals surface area contributed by atoms with Crippen LogP contribution in [0.15, 0.2) is 36.8 Å². The van der Waals surface area contributed by atoms with Crippen LogP contribution in [-0.4, -0.2) is 58.2 Å².